The summed E-state index contributed by atoms with van der Waals surface area (Å²) in [6.45, 7) is 13.3. The number of para-hydroxylation sites is 1. The van der Waals surface area contributed by atoms with Crippen molar-refractivity contribution in [1.82, 2.24) is 4.98 Å². The number of benzene rings is 3. The fourth-order valence-electron chi connectivity index (χ4n) is 3.14. The van der Waals surface area contributed by atoms with Gasteiger partial charge < -0.3 is 0 Å². The lowest BCUT2D eigenvalue weighted by Gasteiger charge is -2.19. The van der Waals surface area contributed by atoms with Crippen molar-refractivity contribution in [2.75, 3.05) is 0 Å². The third kappa shape index (κ3) is 4.78. The second kappa shape index (κ2) is 7.75. The molecule has 0 radical (unpaired) electrons. The molecule has 4 aromatic rings. The molecule has 4 rings (SSSR count). The maximum absolute atomic E-state index is 4.65. The standard InChI is InChI=1S/C14H16.C13H15N/c1-14(2,3)13-9-8-11-6-4-5-7-12(11)10-13;1-13(2,3)12-9-8-10-6-4-5-7-11(10)14-12/h4-10H,1-3H3;4-9H,1-3H3. The van der Waals surface area contributed by atoms with E-state index in [4.69, 9.17) is 0 Å². The van der Waals surface area contributed by atoms with Crippen molar-refractivity contribution in [2.24, 2.45) is 0 Å². The number of hydrogen-bond acceptors (Lipinski definition) is 1. The van der Waals surface area contributed by atoms with Gasteiger partial charge in [0.15, 0.2) is 0 Å². The van der Waals surface area contributed by atoms with Crippen molar-refractivity contribution in [1.29, 1.82) is 0 Å². The van der Waals surface area contributed by atoms with Crippen LogP contribution in [0, 0.1) is 0 Å². The quantitative estimate of drug-likeness (QED) is 0.310. The van der Waals surface area contributed by atoms with Gasteiger partial charge in [0.2, 0.25) is 0 Å². The molecule has 144 valence electrons. The van der Waals surface area contributed by atoms with Crippen LogP contribution in [0.5, 0.6) is 0 Å². The SMILES string of the molecule is CC(C)(C)c1ccc2ccccc2c1.CC(C)(C)c1ccc2ccccc2n1. The van der Waals surface area contributed by atoms with E-state index in [2.05, 4.69) is 113 Å². The first-order valence-electron chi connectivity index (χ1n) is 10.0. The summed E-state index contributed by atoms with van der Waals surface area (Å²) >= 11 is 0. The van der Waals surface area contributed by atoms with E-state index in [0.29, 0.717) is 0 Å². The smallest absolute Gasteiger partial charge is 0.0705 e. The Labute approximate surface area is 169 Å². The highest BCUT2D eigenvalue weighted by Crippen LogP contribution is 2.26. The minimum Gasteiger partial charge on any atom is -0.252 e. The van der Waals surface area contributed by atoms with Gasteiger partial charge in [0.05, 0.1) is 5.52 Å². The van der Waals surface area contributed by atoms with Crippen LogP contribution < -0.4 is 0 Å². The van der Waals surface area contributed by atoms with E-state index in [0.717, 1.165) is 11.2 Å². The van der Waals surface area contributed by atoms with E-state index in [1.54, 1.807) is 0 Å². The molecule has 1 aromatic heterocycles. The Kier molecular flexibility index (Phi) is 5.56. The Hall–Kier alpha value is -2.67. The summed E-state index contributed by atoms with van der Waals surface area (Å²) in [6.07, 6.45) is 0. The molecule has 0 saturated carbocycles. The molecule has 0 fully saturated rings. The lowest BCUT2D eigenvalue weighted by atomic mass is 9.86. The zero-order chi connectivity index (χ0) is 20.4. The molecule has 0 aliphatic heterocycles. The number of fused-ring (bicyclic) bond motifs is 2. The van der Waals surface area contributed by atoms with Gasteiger partial charge >= 0.3 is 0 Å². The zero-order valence-electron chi connectivity index (χ0n) is 18.0. The summed E-state index contributed by atoms with van der Waals surface area (Å²) in [5.41, 5.74) is 4.00. The molecule has 0 aliphatic carbocycles. The van der Waals surface area contributed by atoms with E-state index in [1.165, 1.54) is 21.7 Å². The Morgan fingerprint density at radius 1 is 0.536 bits per heavy atom. The molecule has 1 nitrogen and oxygen atoms in total. The molecule has 0 unspecified atom stereocenters. The first-order valence-corrected chi connectivity index (χ1v) is 10.0. The first kappa shape index (κ1) is 20.1. The maximum atomic E-state index is 4.65. The van der Waals surface area contributed by atoms with Gasteiger partial charge in [-0.05, 0) is 33.9 Å². The normalized spacial score (nSPS) is 11.9. The van der Waals surface area contributed by atoms with E-state index in [-0.39, 0.29) is 10.8 Å². The fraction of sp³-hybridized carbons (Fsp3) is 0.296. The van der Waals surface area contributed by atoms with Gasteiger partial charge in [0, 0.05) is 16.5 Å². The molecule has 0 atom stereocenters. The van der Waals surface area contributed by atoms with Gasteiger partial charge in [-0.2, -0.15) is 0 Å². The van der Waals surface area contributed by atoms with Crippen molar-refractivity contribution in [2.45, 2.75) is 52.4 Å². The molecule has 0 aliphatic rings. The molecule has 0 bridgehead atoms. The van der Waals surface area contributed by atoms with Crippen LogP contribution in [0.15, 0.2) is 78.9 Å². The molecule has 3 aromatic carbocycles. The number of pyridine rings is 1. The first-order chi connectivity index (χ1) is 13.1. The third-order valence-corrected chi connectivity index (χ3v) is 4.98. The number of nitrogens with zero attached hydrogens (tertiary/aromatic N) is 1. The lowest BCUT2D eigenvalue weighted by molar-refractivity contribution is 0.571. The summed E-state index contributed by atoms with van der Waals surface area (Å²) in [5.74, 6) is 0. The molecular weight excluding hydrogens is 338 g/mol. The highest BCUT2D eigenvalue weighted by molar-refractivity contribution is 5.83. The van der Waals surface area contributed by atoms with Crippen LogP contribution in [0.3, 0.4) is 0 Å². The summed E-state index contributed by atoms with van der Waals surface area (Å²) < 4.78 is 0. The molecule has 1 heteroatoms. The van der Waals surface area contributed by atoms with E-state index in [9.17, 15) is 0 Å². The van der Waals surface area contributed by atoms with Crippen molar-refractivity contribution >= 4 is 21.7 Å². The number of hydrogen-bond donors (Lipinski definition) is 0. The van der Waals surface area contributed by atoms with Gasteiger partial charge in [0.1, 0.15) is 0 Å². The second-order valence-corrected chi connectivity index (χ2v) is 9.45. The molecule has 0 N–H and O–H groups in total. The Morgan fingerprint density at radius 2 is 1.11 bits per heavy atom. The monoisotopic (exact) mass is 369 g/mol. The van der Waals surface area contributed by atoms with Gasteiger partial charge in [-0.15, -0.1) is 0 Å². The molecule has 0 spiro atoms. The van der Waals surface area contributed by atoms with Gasteiger partial charge in [-0.25, -0.2) is 0 Å². The van der Waals surface area contributed by atoms with Crippen LogP contribution in [-0.4, -0.2) is 4.98 Å². The van der Waals surface area contributed by atoms with E-state index < -0.39 is 0 Å². The molecule has 0 amide bonds. The van der Waals surface area contributed by atoms with Crippen LogP contribution in [0.4, 0.5) is 0 Å². The van der Waals surface area contributed by atoms with Crippen molar-refractivity contribution in [3.8, 4) is 0 Å². The van der Waals surface area contributed by atoms with Crippen LogP contribution in [-0.2, 0) is 10.8 Å². The zero-order valence-corrected chi connectivity index (χ0v) is 18.0. The summed E-state index contributed by atoms with van der Waals surface area (Å²) in [6, 6.07) is 27.7. The Bertz CT molecular complexity index is 989. The molecule has 0 saturated heterocycles. The second-order valence-electron chi connectivity index (χ2n) is 9.45. The van der Waals surface area contributed by atoms with Crippen molar-refractivity contribution in [3.63, 3.8) is 0 Å². The average Bonchev–Trinajstić information content (AvgIpc) is 2.66. The van der Waals surface area contributed by atoms with Crippen LogP contribution in [0.2, 0.25) is 0 Å². The van der Waals surface area contributed by atoms with Crippen LogP contribution in [0.25, 0.3) is 21.7 Å². The molecule has 28 heavy (non-hydrogen) atoms. The highest BCUT2D eigenvalue weighted by atomic mass is 14.7. The highest BCUT2D eigenvalue weighted by Gasteiger charge is 2.15. The summed E-state index contributed by atoms with van der Waals surface area (Å²) in [5, 5.41) is 3.86. The largest absolute Gasteiger partial charge is 0.252 e. The van der Waals surface area contributed by atoms with Crippen molar-refractivity contribution in [3.05, 3.63) is 90.1 Å². The summed E-state index contributed by atoms with van der Waals surface area (Å²) in [4.78, 5) is 4.65. The fourth-order valence-corrected chi connectivity index (χ4v) is 3.14. The van der Waals surface area contributed by atoms with Gasteiger partial charge in [-0.3, -0.25) is 4.98 Å². The summed E-state index contributed by atoms with van der Waals surface area (Å²) in [7, 11) is 0. The number of aromatic nitrogens is 1. The Morgan fingerprint density at radius 3 is 1.75 bits per heavy atom. The minimum absolute atomic E-state index is 0.129. The van der Waals surface area contributed by atoms with Gasteiger partial charge in [0.25, 0.3) is 0 Å². The Balaban J connectivity index is 0.000000161. The van der Waals surface area contributed by atoms with Crippen LogP contribution >= 0.6 is 0 Å². The minimum atomic E-state index is 0.129. The predicted molar refractivity (Wildman–Crippen MR) is 123 cm³/mol. The van der Waals surface area contributed by atoms with E-state index in [1.807, 2.05) is 12.1 Å². The third-order valence-electron chi connectivity index (χ3n) is 4.98. The van der Waals surface area contributed by atoms with Crippen LogP contribution in [0.1, 0.15) is 52.8 Å². The van der Waals surface area contributed by atoms with Crippen molar-refractivity contribution < 1.29 is 0 Å². The molecular formula is C27H31N. The molecule has 1 heterocycles. The maximum Gasteiger partial charge on any atom is 0.0705 e. The predicted octanol–water partition coefficient (Wildman–Crippen LogP) is 7.67. The average molecular weight is 370 g/mol. The van der Waals surface area contributed by atoms with Gasteiger partial charge in [-0.1, -0.05) is 108 Å². The number of rotatable bonds is 0. The lowest BCUT2D eigenvalue weighted by Crippen LogP contribution is -2.13. The van der Waals surface area contributed by atoms with E-state index >= 15 is 0 Å². The topological polar surface area (TPSA) is 12.9 Å².